The standard InChI is InChI=1S/C15H16N2O2/c1-11-8-14(18)17(15(11)19)10-13-5-2-4-12(9-13)6-3-7-16/h2,4-5,9,11H,7-8,10,16H2,1H3. The Balaban J connectivity index is 2.15. The van der Waals surface area contributed by atoms with Crippen LogP contribution in [0.25, 0.3) is 0 Å². The fourth-order valence-electron chi connectivity index (χ4n) is 2.10. The molecule has 2 N–H and O–H groups in total. The highest BCUT2D eigenvalue weighted by Crippen LogP contribution is 2.21. The highest BCUT2D eigenvalue weighted by Gasteiger charge is 2.35. The molecule has 1 aromatic rings. The lowest BCUT2D eigenvalue weighted by molar-refractivity contribution is -0.139. The summed E-state index contributed by atoms with van der Waals surface area (Å²) >= 11 is 0. The zero-order valence-corrected chi connectivity index (χ0v) is 10.8. The van der Waals surface area contributed by atoms with Crippen molar-refractivity contribution < 1.29 is 9.59 Å². The number of nitrogens with two attached hydrogens (primary N) is 1. The van der Waals surface area contributed by atoms with Gasteiger partial charge in [0.25, 0.3) is 0 Å². The molecular weight excluding hydrogens is 240 g/mol. The lowest BCUT2D eigenvalue weighted by Gasteiger charge is -2.14. The van der Waals surface area contributed by atoms with E-state index in [2.05, 4.69) is 11.8 Å². The average molecular weight is 256 g/mol. The molecule has 0 spiro atoms. The first-order valence-electron chi connectivity index (χ1n) is 6.24. The molecule has 19 heavy (non-hydrogen) atoms. The van der Waals surface area contributed by atoms with Crippen molar-refractivity contribution in [1.82, 2.24) is 4.90 Å². The molecule has 0 aliphatic carbocycles. The predicted octanol–water partition coefficient (Wildman–Crippen LogP) is 0.892. The van der Waals surface area contributed by atoms with E-state index < -0.39 is 0 Å². The Morgan fingerprint density at radius 1 is 1.42 bits per heavy atom. The SMILES string of the molecule is CC1CC(=O)N(Cc2cccc(C#CCN)c2)C1=O. The van der Waals surface area contributed by atoms with Gasteiger partial charge in [-0.3, -0.25) is 14.5 Å². The van der Waals surface area contributed by atoms with Crippen LogP contribution in [0, 0.1) is 17.8 Å². The minimum Gasteiger partial charge on any atom is -0.320 e. The number of benzene rings is 1. The molecule has 1 fully saturated rings. The Hall–Kier alpha value is -2.12. The van der Waals surface area contributed by atoms with Gasteiger partial charge in [0.2, 0.25) is 11.8 Å². The van der Waals surface area contributed by atoms with E-state index in [0.717, 1.165) is 11.1 Å². The zero-order chi connectivity index (χ0) is 13.8. The van der Waals surface area contributed by atoms with Gasteiger partial charge in [-0.2, -0.15) is 0 Å². The first kappa shape index (κ1) is 13.3. The van der Waals surface area contributed by atoms with Crippen molar-refractivity contribution >= 4 is 11.8 Å². The van der Waals surface area contributed by atoms with Crippen molar-refractivity contribution in [3.63, 3.8) is 0 Å². The van der Waals surface area contributed by atoms with Gasteiger partial charge >= 0.3 is 0 Å². The van der Waals surface area contributed by atoms with E-state index in [1.807, 2.05) is 24.3 Å². The quantitative estimate of drug-likeness (QED) is 0.631. The van der Waals surface area contributed by atoms with Gasteiger partial charge in [0.1, 0.15) is 0 Å². The summed E-state index contributed by atoms with van der Waals surface area (Å²) in [6.07, 6.45) is 0.311. The molecule has 0 radical (unpaired) electrons. The van der Waals surface area contributed by atoms with Gasteiger partial charge in [-0.05, 0) is 17.7 Å². The van der Waals surface area contributed by atoms with Gasteiger partial charge in [-0.1, -0.05) is 30.9 Å². The fraction of sp³-hybridized carbons (Fsp3) is 0.333. The van der Waals surface area contributed by atoms with Crippen LogP contribution >= 0.6 is 0 Å². The van der Waals surface area contributed by atoms with Gasteiger partial charge in [0.05, 0.1) is 13.1 Å². The minimum absolute atomic E-state index is 0.0940. The Labute approximate surface area is 112 Å². The lowest BCUT2D eigenvalue weighted by atomic mass is 10.1. The van der Waals surface area contributed by atoms with E-state index in [-0.39, 0.29) is 17.7 Å². The zero-order valence-electron chi connectivity index (χ0n) is 10.8. The topological polar surface area (TPSA) is 63.4 Å². The highest BCUT2D eigenvalue weighted by atomic mass is 16.2. The summed E-state index contributed by atoms with van der Waals surface area (Å²) in [6, 6.07) is 7.51. The molecule has 1 aliphatic heterocycles. The van der Waals surface area contributed by atoms with Crippen LogP contribution < -0.4 is 5.73 Å². The molecule has 1 aromatic carbocycles. The molecule has 0 bridgehead atoms. The highest BCUT2D eigenvalue weighted by molar-refractivity contribution is 6.03. The molecule has 1 aliphatic rings. The third-order valence-corrected chi connectivity index (χ3v) is 3.07. The molecule has 2 amide bonds. The van der Waals surface area contributed by atoms with Crippen LogP contribution in [-0.4, -0.2) is 23.3 Å². The maximum absolute atomic E-state index is 11.8. The number of carbonyl (C=O) groups excluding carboxylic acids is 2. The summed E-state index contributed by atoms with van der Waals surface area (Å²) in [5.41, 5.74) is 7.07. The van der Waals surface area contributed by atoms with Crippen LogP contribution in [0.1, 0.15) is 24.5 Å². The molecule has 1 atom stereocenters. The van der Waals surface area contributed by atoms with Crippen LogP contribution in [0.5, 0.6) is 0 Å². The predicted molar refractivity (Wildman–Crippen MR) is 71.7 cm³/mol. The normalized spacial score (nSPS) is 18.4. The van der Waals surface area contributed by atoms with Crippen LogP contribution in [0.2, 0.25) is 0 Å². The second-order valence-electron chi connectivity index (χ2n) is 4.63. The maximum Gasteiger partial charge on any atom is 0.232 e. The number of rotatable bonds is 2. The molecule has 0 aromatic heterocycles. The van der Waals surface area contributed by atoms with Gasteiger partial charge in [-0.15, -0.1) is 0 Å². The molecule has 1 saturated heterocycles. The first-order chi connectivity index (χ1) is 9.11. The third-order valence-electron chi connectivity index (χ3n) is 3.07. The number of likely N-dealkylation sites (tertiary alicyclic amines) is 1. The second kappa shape index (κ2) is 5.68. The molecule has 0 saturated carbocycles. The second-order valence-corrected chi connectivity index (χ2v) is 4.63. The van der Waals surface area contributed by atoms with E-state index in [1.165, 1.54) is 4.90 Å². The molecule has 2 rings (SSSR count). The van der Waals surface area contributed by atoms with Crippen LogP contribution in [0.15, 0.2) is 24.3 Å². The minimum atomic E-state index is -0.201. The van der Waals surface area contributed by atoms with Crippen LogP contribution in [0.4, 0.5) is 0 Å². The fourth-order valence-corrected chi connectivity index (χ4v) is 2.10. The number of nitrogens with zero attached hydrogens (tertiary/aromatic N) is 1. The Kier molecular flexibility index (Phi) is 3.98. The third kappa shape index (κ3) is 3.01. The lowest BCUT2D eigenvalue weighted by Crippen LogP contribution is -2.29. The number of imide groups is 1. The summed E-state index contributed by atoms with van der Waals surface area (Å²) < 4.78 is 0. The number of hydrogen-bond acceptors (Lipinski definition) is 3. The van der Waals surface area contributed by atoms with E-state index in [1.54, 1.807) is 6.92 Å². The molecule has 1 unspecified atom stereocenters. The van der Waals surface area contributed by atoms with Gasteiger partial charge in [0, 0.05) is 17.9 Å². The molecule has 4 nitrogen and oxygen atoms in total. The number of carbonyl (C=O) groups is 2. The van der Waals surface area contributed by atoms with E-state index in [9.17, 15) is 9.59 Å². The summed E-state index contributed by atoms with van der Waals surface area (Å²) in [5.74, 6) is 5.32. The van der Waals surface area contributed by atoms with Gasteiger partial charge < -0.3 is 5.73 Å². The average Bonchev–Trinajstić information content (AvgIpc) is 2.64. The van der Waals surface area contributed by atoms with Crippen molar-refractivity contribution in [2.24, 2.45) is 11.7 Å². The van der Waals surface area contributed by atoms with E-state index in [4.69, 9.17) is 5.73 Å². The van der Waals surface area contributed by atoms with Crippen molar-refractivity contribution in [2.75, 3.05) is 6.54 Å². The smallest absolute Gasteiger partial charge is 0.232 e. The molecule has 4 heteroatoms. The number of amides is 2. The van der Waals surface area contributed by atoms with Gasteiger partial charge in [-0.25, -0.2) is 0 Å². The Morgan fingerprint density at radius 2 is 2.21 bits per heavy atom. The summed E-state index contributed by atoms with van der Waals surface area (Å²) in [7, 11) is 0. The Morgan fingerprint density at radius 3 is 2.84 bits per heavy atom. The Bertz CT molecular complexity index is 569. The largest absolute Gasteiger partial charge is 0.320 e. The van der Waals surface area contributed by atoms with Crippen molar-refractivity contribution in [3.05, 3.63) is 35.4 Å². The van der Waals surface area contributed by atoms with E-state index >= 15 is 0 Å². The van der Waals surface area contributed by atoms with Crippen molar-refractivity contribution in [1.29, 1.82) is 0 Å². The van der Waals surface area contributed by atoms with E-state index in [0.29, 0.717) is 19.5 Å². The van der Waals surface area contributed by atoms with Gasteiger partial charge in [0.15, 0.2) is 0 Å². The first-order valence-corrected chi connectivity index (χ1v) is 6.24. The summed E-state index contributed by atoms with van der Waals surface area (Å²) in [5, 5.41) is 0. The number of hydrogen-bond donors (Lipinski definition) is 1. The summed E-state index contributed by atoms with van der Waals surface area (Å²) in [6.45, 7) is 2.41. The molecule has 1 heterocycles. The van der Waals surface area contributed by atoms with Crippen LogP contribution in [0.3, 0.4) is 0 Å². The van der Waals surface area contributed by atoms with Crippen molar-refractivity contribution in [3.8, 4) is 11.8 Å². The molecule has 98 valence electrons. The van der Waals surface area contributed by atoms with Crippen LogP contribution in [-0.2, 0) is 16.1 Å². The maximum atomic E-state index is 11.8. The van der Waals surface area contributed by atoms with Crippen molar-refractivity contribution in [2.45, 2.75) is 19.9 Å². The molecular formula is C15H16N2O2. The monoisotopic (exact) mass is 256 g/mol. The summed E-state index contributed by atoms with van der Waals surface area (Å²) in [4.78, 5) is 24.9.